The summed E-state index contributed by atoms with van der Waals surface area (Å²) in [6, 6.07) is 171. The number of hydrogen-bond acceptors (Lipinski definition) is 6. The van der Waals surface area contributed by atoms with E-state index in [1.54, 1.807) is 0 Å². The Hall–Kier alpha value is -18.7. The summed E-state index contributed by atoms with van der Waals surface area (Å²) in [5.74, 6) is 1.56. The summed E-state index contributed by atoms with van der Waals surface area (Å²) in [6.45, 7) is 0. The fourth-order valence-corrected chi connectivity index (χ4v) is 22.1. The van der Waals surface area contributed by atoms with E-state index < -0.39 is 0 Å². The first kappa shape index (κ1) is 78.9. The molecule has 0 saturated heterocycles. The molecule has 0 radical (unpaired) electrons. The van der Waals surface area contributed by atoms with Gasteiger partial charge in [-0.05, 0) is 187 Å². The van der Waals surface area contributed by atoms with Crippen LogP contribution in [0.25, 0.3) is 280 Å². The van der Waals surface area contributed by atoms with Crippen LogP contribution in [0.2, 0.25) is 0 Å². The van der Waals surface area contributed by atoms with Gasteiger partial charge in [0.25, 0.3) is 0 Å². The molecule has 0 unspecified atom stereocenters. The molecule has 0 amide bonds. The van der Waals surface area contributed by atoms with Crippen LogP contribution < -0.4 is 0 Å². The van der Waals surface area contributed by atoms with Crippen LogP contribution >= 0.6 is 0 Å². The molecular formula is C130H79N9. The number of para-hydroxylation sites is 3. The molecule has 0 bridgehead atoms. The van der Waals surface area contributed by atoms with Crippen molar-refractivity contribution in [3.63, 3.8) is 0 Å². The SMILES string of the molecule is c1ccc(-c2nc(-c3ccccc3)c3cc(-n4c5ccccc5c5c6ccc7ccc8ccccc8c7c6ccc54)ccc3n2)cc1.c1ccc(-c2nc3ccc(-n4c5ccccc5c5c6ccc7ccc8ccccc8c7c6ccc54)cc3nc2-c2ccccc2)cc1.c1ccc(-c2nc3ccc4ccccc4c3nc2-n2c3ccccc3c3cc4c(ccc5ccc6ccccc6c54)cc32)cc1. The molecule has 6 heterocycles. The lowest BCUT2D eigenvalue weighted by atomic mass is 9.94. The van der Waals surface area contributed by atoms with Gasteiger partial charge in [-0.2, -0.15) is 0 Å². The van der Waals surface area contributed by atoms with Crippen LogP contribution in [0.5, 0.6) is 0 Å². The van der Waals surface area contributed by atoms with Gasteiger partial charge in [0.05, 0.1) is 77.8 Å². The van der Waals surface area contributed by atoms with Crippen molar-refractivity contribution >= 4 is 206 Å². The Labute approximate surface area is 797 Å². The smallest absolute Gasteiger partial charge is 0.165 e. The van der Waals surface area contributed by atoms with Gasteiger partial charge in [-0.1, -0.05) is 394 Å². The molecule has 30 aromatic rings. The summed E-state index contributed by atoms with van der Waals surface area (Å²) < 4.78 is 7.11. The second kappa shape index (κ2) is 32.0. The molecular weight excluding hydrogens is 1690 g/mol. The van der Waals surface area contributed by atoms with Gasteiger partial charge >= 0.3 is 0 Å². The molecule has 6 aromatic heterocycles. The predicted octanol–water partition coefficient (Wildman–Crippen LogP) is 34.0. The molecule has 0 aliphatic rings. The van der Waals surface area contributed by atoms with Gasteiger partial charge in [0.2, 0.25) is 0 Å². The zero-order chi connectivity index (χ0) is 91.3. The van der Waals surface area contributed by atoms with Crippen molar-refractivity contribution in [1.29, 1.82) is 0 Å². The molecule has 0 aliphatic heterocycles. The zero-order valence-corrected chi connectivity index (χ0v) is 75.1. The van der Waals surface area contributed by atoms with Gasteiger partial charge in [0.1, 0.15) is 5.69 Å². The standard InChI is InChI=1S/2C44H27N3.C42H25N3/c1-3-12-30(13-4-1)43-37-27-32(22-25-38(37)45-44(46-43)31-14-5-2-6-15-31)47-39-18-10-9-17-36(39)42-35-23-21-29-20-19-28-11-7-8-16-33(28)41(29)34(35)24-26-40(42)47;1-3-12-30(13-4-1)43-44(31-14-5-2-6-15-31)46-38-27-32(22-25-37(38)45-43)47-39-18-10-9-17-36(39)42-35-23-21-29-20-19-28-11-7-8-16-33(28)41(29)34(35)24-26-40(42)47;1-2-12-29(13-3-1)40-42(44-41-32-15-7-5-11-27(32)22-23-36(41)43-40)45-37-17-9-8-16-33(37)35-25-34-30(24-38(35)45)21-20-28-19-18-26-10-4-6-14-31(26)39(28)34/h2*1-27H;1-25H. The van der Waals surface area contributed by atoms with Crippen molar-refractivity contribution in [2.75, 3.05) is 0 Å². The van der Waals surface area contributed by atoms with Crippen LogP contribution in [0.15, 0.2) is 479 Å². The first-order valence-corrected chi connectivity index (χ1v) is 47.4. The van der Waals surface area contributed by atoms with E-state index in [0.29, 0.717) is 0 Å². The Morgan fingerprint density at radius 3 is 1.03 bits per heavy atom. The van der Waals surface area contributed by atoms with Crippen molar-refractivity contribution in [2.45, 2.75) is 0 Å². The van der Waals surface area contributed by atoms with E-state index in [1.807, 2.05) is 42.5 Å². The van der Waals surface area contributed by atoms with Crippen LogP contribution in [0.4, 0.5) is 0 Å². The first-order chi connectivity index (χ1) is 68.9. The Balaban J connectivity index is 0.000000103. The summed E-state index contributed by atoms with van der Waals surface area (Å²) in [4.78, 5) is 31.5. The van der Waals surface area contributed by atoms with E-state index in [0.717, 1.165) is 128 Å². The highest BCUT2D eigenvalue weighted by molar-refractivity contribution is 6.32. The van der Waals surface area contributed by atoms with E-state index in [4.69, 9.17) is 29.9 Å². The quantitative estimate of drug-likeness (QED) is 0.141. The number of rotatable bonds is 8. The molecule has 9 heteroatoms. The average molecular weight is 1770 g/mol. The van der Waals surface area contributed by atoms with Crippen LogP contribution in [0.3, 0.4) is 0 Å². The maximum absolute atomic E-state index is 5.49. The minimum absolute atomic E-state index is 0.729. The normalized spacial score (nSPS) is 11.9. The molecule has 0 fully saturated rings. The summed E-state index contributed by atoms with van der Waals surface area (Å²) in [7, 11) is 0. The highest BCUT2D eigenvalue weighted by Gasteiger charge is 2.26. The van der Waals surface area contributed by atoms with Gasteiger partial charge < -0.3 is 9.13 Å². The Morgan fingerprint density at radius 2 is 0.504 bits per heavy atom. The van der Waals surface area contributed by atoms with Gasteiger partial charge in [-0.25, -0.2) is 29.9 Å². The molecule has 139 heavy (non-hydrogen) atoms. The monoisotopic (exact) mass is 1770 g/mol. The largest absolute Gasteiger partial charge is 0.309 e. The number of nitrogens with zero attached hydrogens (tertiary/aromatic N) is 9. The van der Waals surface area contributed by atoms with E-state index in [2.05, 4.69) is 450 Å². The molecule has 0 atom stereocenters. The van der Waals surface area contributed by atoms with Crippen molar-refractivity contribution in [3.05, 3.63) is 479 Å². The molecule has 0 N–H and O–H groups in total. The van der Waals surface area contributed by atoms with Crippen LogP contribution in [0, 0.1) is 0 Å². The highest BCUT2D eigenvalue weighted by Crippen LogP contribution is 2.48. The predicted molar refractivity (Wildman–Crippen MR) is 584 cm³/mol. The van der Waals surface area contributed by atoms with Crippen LogP contribution in [-0.2, 0) is 0 Å². The van der Waals surface area contributed by atoms with E-state index in [9.17, 15) is 0 Å². The Bertz CT molecular complexity index is 10300. The summed E-state index contributed by atoms with van der Waals surface area (Å²) in [5.41, 5.74) is 22.3. The zero-order valence-electron chi connectivity index (χ0n) is 75.1. The fraction of sp³-hybridized carbons (Fsp3) is 0. The third kappa shape index (κ3) is 12.9. The van der Waals surface area contributed by atoms with E-state index in [-0.39, 0.29) is 0 Å². The van der Waals surface area contributed by atoms with Crippen LogP contribution in [0.1, 0.15) is 0 Å². The molecule has 644 valence electrons. The second-order valence-electron chi connectivity index (χ2n) is 36.2. The average Bonchev–Trinajstić information content (AvgIpc) is 1.58. The van der Waals surface area contributed by atoms with Crippen molar-refractivity contribution in [2.24, 2.45) is 0 Å². The molecule has 0 spiro atoms. The fourth-order valence-electron chi connectivity index (χ4n) is 22.1. The minimum Gasteiger partial charge on any atom is -0.309 e. The molecule has 30 rings (SSSR count). The number of fused-ring (bicyclic) bond motifs is 31. The van der Waals surface area contributed by atoms with Crippen molar-refractivity contribution in [3.8, 4) is 73.6 Å². The number of hydrogen-bond donors (Lipinski definition) is 0. The van der Waals surface area contributed by atoms with Gasteiger partial charge in [-0.15, -0.1) is 0 Å². The molecule has 0 saturated carbocycles. The lowest BCUT2D eigenvalue weighted by molar-refractivity contribution is 1.08. The van der Waals surface area contributed by atoms with Crippen molar-refractivity contribution < 1.29 is 0 Å². The van der Waals surface area contributed by atoms with Crippen molar-refractivity contribution in [1.82, 2.24) is 43.6 Å². The number of benzene rings is 24. The van der Waals surface area contributed by atoms with E-state index in [1.165, 1.54) is 151 Å². The summed E-state index contributed by atoms with van der Waals surface area (Å²) >= 11 is 0. The maximum Gasteiger partial charge on any atom is 0.165 e. The topological polar surface area (TPSA) is 92.1 Å². The minimum atomic E-state index is 0.729. The second-order valence-corrected chi connectivity index (χ2v) is 36.2. The molecule has 0 aliphatic carbocycles. The van der Waals surface area contributed by atoms with Gasteiger partial charge in [0.15, 0.2) is 11.6 Å². The van der Waals surface area contributed by atoms with E-state index >= 15 is 0 Å². The Morgan fingerprint density at radius 1 is 0.144 bits per heavy atom. The molecule has 9 nitrogen and oxygen atoms in total. The summed E-state index contributed by atoms with van der Waals surface area (Å²) in [6.07, 6.45) is 0. The van der Waals surface area contributed by atoms with Gasteiger partial charge in [-0.3, -0.25) is 4.57 Å². The molecule has 24 aromatic carbocycles. The lowest BCUT2D eigenvalue weighted by Gasteiger charge is -2.15. The Kier molecular flexibility index (Phi) is 18.2. The first-order valence-electron chi connectivity index (χ1n) is 47.4. The third-order valence-corrected chi connectivity index (χ3v) is 28.4. The highest BCUT2D eigenvalue weighted by atomic mass is 15.1. The van der Waals surface area contributed by atoms with Gasteiger partial charge in [0, 0.05) is 82.3 Å². The maximum atomic E-state index is 5.49. The third-order valence-electron chi connectivity index (χ3n) is 28.4. The van der Waals surface area contributed by atoms with Crippen LogP contribution in [-0.4, -0.2) is 43.6 Å². The number of aromatic nitrogens is 9. The summed E-state index contributed by atoms with van der Waals surface area (Å²) in [5, 5.41) is 33.6. The lowest BCUT2D eigenvalue weighted by Crippen LogP contribution is -2.04.